The lowest BCUT2D eigenvalue weighted by Crippen LogP contribution is -2.23. The first kappa shape index (κ1) is 11.0. The zero-order valence-corrected chi connectivity index (χ0v) is 8.82. The molecule has 1 aromatic rings. The van der Waals surface area contributed by atoms with Crippen LogP contribution >= 0.6 is 0 Å². The molecular formula is C11H14FN3O. The van der Waals surface area contributed by atoms with E-state index in [1.165, 1.54) is 12.3 Å². The number of amides is 1. The van der Waals surface area contributed by atoms with Crippen molar-refractivity contribution >= 4 is 11.6 Å². The van der Waals surface area contributed by atoms with Crippen LogP contribution in [0.3, 0.4) is 0 Å². The summed E-state index contributed by atoms with van der Waals surface area (Å²) in [5.41, 5.74) is 5.90. The number of hydrogen-bond acceptors (Lipinski definition) is 3. The second-order valence-corrected chi connectivity index (χ2v) is 4.11. The fourth-order valence-corrected chi connectivity index (χ4v) is 1.97. The van der Waals surface area contributed by atoms with Gasteiger partial charge < -0.3 is 11.1 Å². The van der Waals surface area contributed by atoms with Crippen molar-refractivity contribution in [1.29, 1.82) is 0 Å². The third-order valence-corrected chi connectivity index (χ3v) is 2.87. The number of hydrogen-bond donors (Lipinski definition) is 2. The predicted molar refractivity (Wildman–Crippen MR) is 58.1 cm³/mol. The van der Waals surface area contributed by atoms with Gasteiger partial charge >= 0.3 is 0 Å². The molecule has 1 aromatic heterocycles. The van der Waals surface area contributed by atoms with Gasteiger partial charge in [-0.15, -0.1) is 0 Å². The number of anilines is 1. The average molecular weight is 223 g/mol. The number of pyridine rings is 1. The number of halogens is 1. The van der Waals surface area contributed by atoms with E-state index in [1.807, 2.05) is 0 Å². The molecule has 0 saturated heterocycles. The number of carbonyl (C=O) groups is 1. The summed E-state index contributed by atoms with van der Waals surface area (Å²) in [7, 11) is 0. The minimum Gasteiger partial charge on any atom is -0.328 e. The molecule has 3 N–H and O–H groups in total. The molecule has 2 rings (SSSR count). The molecule has 1 heterocycles. The quantitative estimate of drug-likeness (QED) is 0.793. The summed E-state index contributed by atoms with van der Waals surface area (Å²) in [6.07, 6.45) is 4.84. The van der Waals surface area contributed by atoms with Gasteiger partial charge in [0.2, 0.25) is 5.91 Å². The lowest BCUT2D eigenvalue weighted by molar-refractivity contribution is -0.119. The normalized spacial score (nSPS) is 24.4. The molecule has 0 aromatic carbocycles. The molecule has 0 spiro atoms. The Morgan fingerprint density at radius 3 is 3.00 bits per heavy atom. The molecule has 2 unspecified atom stereocenters. The van der Waals surface area contributed by atoms with Crippen molar-refractivity contribution in [1.82, 2.24) is 4.98 Å². The van der Waals surface area contributed by atoms with Crippen molar-refractivity contribution < 1.29 is 9.18 Å². The van der Waals surface area contributed by atoms with Crippen molar-refractivity contribution in [3.63, 3.8) is 0 Å². The second-order valence-electron chi connectivity index (χ2n) is 4.11. The Hall–Kier alpha value is -1.49. The summed E-state index contributed by atoms with van der Waals surface area (Å²) >= 11 is 0. The molecule has 0 aliphatic heterocycles. The molecule has 2 atom stereocenters. The van der Waals surface area contributed by atoms with Crippen LogP contribution in [-0.2, 0) is 4.79 Å². The van der Waals surface area contributed by atoms with Gasteiger partial charge in [-0.2, -0.15) is 0 Å². The molecule has 1 fully saturated rings. The standard InChI is InChI=1S/C11H14FN3O/c12-9-6-14-4-3-10(9)15-11(16)7-1-2-8(13)5-7/h3-4,6-8H,1-2,5,13H2,(H,14,15,16). The summed E-state index contributed by atoms with van der Waals surface area (Å²) in [6, 6.07) is 1.54. The average Bonchev–Trinajstić information content (AvgIpc) is 2.68. The number of rotatable bonds is 2. The van der Waals surface area contributed by atoms with E-state index in [9.17, 15) is 9.18 Å². The highest BCUT2D eigenvalue weighted by molar-refractivity contribution is 5.92. The Balaban J connectivity index is 2.00. The minimum absolute atomic E-state index is 0.0948. The van der Waals surface area contributed by atoms with Gasteiger partial charge in [0.25, 0.3) is 0 Å². The zero-order chi connectivity index (χ0) is 11.5. The van der Waals surface area contributed by atoms with E-state index in [0.29, 0.717) is 6.42 Å². The monoisotopic (exact) mass is 223 g/mol. The van der Waals surface area contributed by atoms with E-state index in [1.54, 1.807) is 0 Å². The molecule has 4 nitrogen and oxygen atoms in total. The Labute approximate surface area is 93.1 Å². The molecule has 16 heavy (non-hydrogen) atoms. The first-order valence-electron chi connectivity index (χ1n) is 5.33. The third kappa shape index (κ3) is 2.36. The molecule has 1 amide bonds. The topological polar surface area (TPSA) is 68.0 Å². The van der Waals surface area contributed by atoms with Crippen LogP contribution in [0.1, 0.15) is 19.3 Å². The maximum Gasteiger partial charge on any atom is 0.227 e. The second kappa shape index (κ2) is 4.57. The number of nitrogens with one attached hydrogen (secondary N) is 1. The van der Waals surface area contributed by atoms with Crippen LogP contribution in [0.15, 0.2) is 18.5 Å². The Kier molecular flexibility index (Phi) is 3.14. The fourth-order valence-electron chi connectivity index (χ4n) is 1.97. The van der Waals surface area contributed by atoms with Gasteiger partial charge in [0.15, 0.2) is 5.82 Å². The minimum atomic E-state index is -0.516. The summed E-state index contributed by atoms with van der Waals surface area (Å²) < 4.78 is 13.2. The smallest absolute Gasteiger partial charge is 0.227 e. The van der Waals surface area contributed by atoms with Crippen molar-refractivity contribution in [2.24, 2.45) is 11.7 Å². The van der Waals surface area contributed by atoms with Gasteiger partial charge in [-0.25, -0.2) is 4.39 Å². The van der Waals surface area contributed by atoms with Crippen LogP contribution in [0, 0.1) is 11.7 Å². The molecule has 0 radical (unpaired) electrons. The van der Waals surface area contributed by atoms with E-state index < -0.39 is 5.82 Å². The predicted octanol–water partition coefficient (Wildman–Crippen LogP) is 1.29. The van der Waals surface area contributed by atoms with Crippen LogP contribution in [0.2, 0.25) is 0 Å². The summed E-state index contributed by atoms with van der Waals surface area (Å²) in [5.74, 6) is -0.765. The van der Waals surface area contributed by atoms with Gasteiger partial charge in [0.05, 0.1) is 11.9 Å². The van der Waals surface area contributed by atoms with Crippen molar-refractivity contribution in [3.05, 3.63) is 24.3 Å². The molecule has 0 bridgehead atoms. The van der Waals surface area contributed by atoms with Gasteiger partial charge in [-0.1, -0.05) is 0 Å². The molecule has 1 saturated carbocycles. The number of aromatic nitrogens is 1. The highest BCUT2D eigenvalue weighted by atomic mass is 19.1. The van der Waals surface area contributed by atoms with E-state index in [-0.39, 0.29) is 23.6 Å². The lowest BCUT2D eigenvalue weighted by Gasteiger charge is -2.10. The third-order valence-electron chi connectivity index (χ3n) is 2.87. The first-order chi connectivity index (χ1) is 7.66. The first-order valence-corrected chi connectivity index (χ1v) is 5.33. The molecular weight excluding hydrogens is 209 g/mol. The van der Waals surface area contributed by atoms with E-state index in [0.717, 1.165) is 19.0 Å². The van der Waals surface area contributed by atoms with Crippen LogP contribution in [0.4, 0.5) is 10.1 Å². The maximum absolute atomic E-state index is 13.2. The van der Waals surface area contributed by atoms with Crippen LogP contribution in [-0.4, -0.2) is 16.9 Å². The summed E-state index contributed by atoms with van der Waals surface area (Å²) in [5, 5.41) is 2.56. The Morgan fingerprint density at radius 1 is 1.56 bits per heavy atom. The molecule has 1 aliphatic rings. The summed E-state index contributed by atoms with van der Waals surface area (Å²) in [6.45, 7) is 0. The fraction of sp³-hybridized carbons (Fsp3) is 0.455. The van der Waals surface area contributed by atoms with E-state index >= 15 is 0 Å². The SMILES string of the molecule is NC1CCC(C(=O)Nc2ccncc2F)C1. The maximum atomic E-state index is 13.2. The number of nitrogens with two attached hydrogens (primary N) is 1. The molecule has 5 heteroatoms. The highest BCUT2D eigenvalue weighted by Gasteiger charge is 2.28. The van der Waals surface area contributed by atoms with Gasteiger partial charge in [-0.05, 0) is 25.3 Å². The Bertz CT molecular complexity index is 397. The highest BCUT2D eigenvalue weighted by Crippen LogP contribution is 2.25. The molecule has 1 aliphatic carbocycles. The zero-order valence-electron chi connectivity index (χ0n) is 8.82. The van der Waals surface area contributed by atoms with Crippen LogP contribution < -0.4 is 11.1 Å². The Morgan fingerprint density at radius 2 is 2.38 bits per heavy atom. The van der Waals surface area contributed by atoms with Crippen LogP contribution in [0.25, 0.3) is 0 Å². The van der Waals surface area contributed by atoms with E-state index in [4.69, 9.17) is 5.73 Å². The van der Waals surface area contributed by atoms with Gasteiger partial charge in [0.1, 0.15) is 0 Å². The summed E-state index contributed by atoms with van der Waals surface area (Å²) in [4.78, 5) is 15.4. The number of carbonyl (C=O) groups excluding carboxylic acids is 1. The van der Waals surface area contributed by atoms with Gasteiger partial charge in [0, 0.05) is 18.2 Å². The van der Waals surface area contributed by atoms with Gasteiger partial charge in [-0.3, -0.25) is 9.78 Å². The van der Waals surface area contributed by atoms with Crippen molar-refractivity contribution in [2.45, 2.75) is 25.3 Å². The largest absolute Gasteiger partial charge is 0.328 e. The molecule has 86 valence electrons. The number of nitrogens with zero attached hydrogens (tertiary/aromatic N) is 1. The van der Waals surface area contributed by atoms with E-state index in [2.05, 4.69) is 10.3 Å². The lowest BCUT2D eigenvalue weighted by atomic mass is 10.1. The van der Waals surface area contributed by atoms with Crippen LogP contribution in [0.5, 0.6) is 0 Å². The van der Waals surface area contributed by atoms with Crippen molar-refractivity contribution in [3.8, 4) is 0 Å². The van der Waals surface area contributed by atoms with Crippen molar-refractivity contribution in [2.75, 3.05) is 5.32 Å².